The molecule has 0 fully saturated rings. The first kappa shape index (κ1) is 13.6. The topological polar surface area (TPSA) is 37.1 Å². The number of benzene rings is 3. The number of fused-ring (bicyclic) bond motifs is 10. The first-order chi connectivity index (χ1) is 13.4. The zero-order valence-corrected chi connectivity index (χ0v) is 14.4. The molecule has 0 spiro atoms. The molecule has 27 heavy (non-hydrogen) atoms. The van der Waals surface area contributed by atoms with E-state index in [1.807, 2.05) is 6.07 Å². The van der Waals surface area contributed by atoms with Gasteiger partial charge in [-0.05, 0) is 30.2 Å². The van der Waals surface area contributed by atoms with Gasteiger partial charge in [-0.3, -0.25) is 0 Å². The van der Waals surface area contributed by atoms with Crippen LogP contribution in [0.1, 0.15) is 6.42 Å². The van der Waals surface area contributed by atoms with Crippen molar-refractivity contribution in [3.05, 3.63) is 104 Å². The van der Waals surface area contributed by atoms with Gasteiger partial charge in [0, 0.05) is 26.8 Å². The van der Waals surface area contributed by atoms with Crippen LogP contribution in [0.3, 0.4) is 0 Å². The highest BCUT2D eigenvalue weighted by atomic mass is 14.9. The van der Waals surface area contributed by atoms with E-state index < -0.39 is 0 Å². The average molecular weight is 343 g/mol. The van der Waals surface area contributed by atoms with E-state index in [-0.39, 0.29) is 0 Å². The van der Waals surface area contributed by atoms with Gasteiger partial charge in [-0.2, -0.15) is 0 Å². The second kappa shape index (κ2) is 4.57. The van der Waals surface area contributed by atoms with Gasteiger partial charge in [0.1, 0.15) is 5.36 Å². The van der Waals surface area contributed by atoms with E-state index in [1.165, 1.54) is 21.2 Å². The number of hydrogen-bond acceptors (Lipinski definition) is 3. The Kier molecular flexibility index (Phi) is 2.30. The molecule has 3 aliphatic heterocycles. The summed E-state index contributed by atoms with van der Waals surface area (Å²) in [4.78, 5) is 15.0. The smallest absolute Gasteiger partial charge is 0.100 e. The highest BCUT2D eigenvalue weighted by Crippen LogP contribution is 2.38. The molecule has 4 aliphatic rings. The molecular formula is C24H13N3. The summed E-state index contributed by atoms with van der Waals surface area (Å²) >= 11 is 0. The van der Waals surface area contributed by atoms with E-state index in [0.717, 1.165) is 50.7 Å². The highest BCUT2D eigenvalue weighted by Gasteiger charge is 2.26. The van der Waals surface area contributed by atoms with Crippen LogP contribution in [0.2, 0.25) is 0 Å². The SMILES string of the molecule is C1=CCC2=c3c4c(c5c(c3=NC2=C1)=Nc1ccccc1-5)N=c1ccccc1=4. The van der Waals surface area contributed by atoms with Gasteiger partial charge in [0.25, 0.3) is 0 Å². The molecule has 0 saturated carbocycles. The fraction of sp³-hybridized carbons (Fsp3) is 0.0417. The Morgan fingerprint density at radius 2 is 1.67 bits per heavy atom. The van der Waals surface area contributed by atoms with Crippen molar-refractivity contribution in [2.24, 2.45) is 15.0 Å². The van der Waals surface area contributed by atoms with Gasteiger partial charge in [-0.1, -0.05) is 48.6 Å². The zero-order valence-electron chi connectivity index (χ0n) is 14.4. The largest absolute Gasteiger partial charge is 0.247 e. The third kappa shape index (κ3) is 1.56. The van der Waals surface area contributed by atoms with Crippen molar-refractivity contribution in [1.82, 2.24) is 0 Å². The van der Waals surface area contributed by atoms with Crippen molar-refractivity contribution in [3.8, 4) is 11.1 Å². The van der Waals surface area contributed by atoms with E-state index in [2.05, 4.69) is 60.7 Å². The van der Waals surface area contributed by atoms with Gasteiger partial charge >= 0.3 is 0 Å². The Bertz CT molecular complexity index is 1640. The van der Waals surface area contributed by atoms with Crippen LogP contribution in [0, 0.1) is 10.4 Å². The average Bonchev–Trinajstić information content (AvgIpc) is 3.38. The Balaban J connectivity index is 1.87. The molecule has 1 aliphatic carbocycles. The lowest BCUT2D eigenvalue weighted by molar-refractivity contribution is 1.22. The van der Waals surface area contributed by atoms with Gasteiger partial charge in [0.15, 0.2) is 0 Å². The maximum Gasteiger partial charge on any atom is 0.100 e. The first-order valence-corrected chi connectivity index (χ1v) is 9.21. The summed E-state index contributed by atoms with van der Waals surface area (Å²) in [7, 11) is 0. The van der Waals surface area contributed by atoms with Crippen LogP contribution in [0.25, 0.3) is 16.7 Å². The predicted molar refractivity (Wildman–Crippen MR) is 104 cm³/mol. The Labute approximate surface area is 154 Å². The summed E-state index contributed by atoms with van der Waals surface area (Å²) in [6.45, 7) is 0. The van der Waals surface area contributed by atoms with Crippen LogP contribution >= 0.6 is 0 Å². The van der Waals surface area contributed by atoms with Crippen molar-refractivity contribution >= 4 is 16.9 Å². The third-order valence-electron chi connectivity index (χ3n) is 5.79. The number of para-hydroxylation sites is 2. The van der Waals surface area contributed by atoms with Gasteiger partial charge in [0.05, 0.1) is 27.8 Å². The minimum absolute atomic E-state index is 0.905. The third-order valence-corrected chi connectivity index (χ3v) is 5.79. The molecule has 0 atom stereocenters. The molecule has 0 amide bonds. The molecule has 0 N–H and O–H groups in total. The van der Waals surface area contributed by atoms with Crippen LogP contribution in [-0.4, -0.2) is 0 Å². The molecule has 0 bridgehead atoms. The van der Waals surface area contributed by atoms with Crippen LogP contribution in [-0.2, 0) is 0 Å². The van der Waals surface area contributed by atoms with Crippen LogP contribution in [0.5, 0.6) is 0 Å². The Morgan fingerprint density at radius 3 is 2.67 bits per heavy atom. The minimum atomic E-state index is 0.905. The molecule has 3 heterocycles. The molecule has 3 nitrogen and oxygen atoms in total. The molecule has 3 aromatic rings. The minimum Gasteiger partial charge on any atom is -0.247 e. The van der Waals surface area contributed by atoms with Gasteiger partial charge in [0.2, 0.25) is 0 Å². The van der Waals surface area contributed by atoms with E-state index in [1.54, 1.807) is 0 Å². The molecule has 0 radical (unpaired) electrons. The maximum absolute atomic E-state index is 5.05. The van der Waals surface area contributed by atoms with Crippen LogP contribution in [0.4, 0.5) is 11.4 Å². The fourth-order valence-corrected chi connectivity index (χ4v) is 4.66. The number of hydrogen-bond donors (Lipinski definition) is 0. The molecule has 124 valence electrons. The first-order valence-electron chi connectivity index (χ1n) is 9.21. The Hall–Kier alpha value is -3.59. The molecule has 3 heteroatoms. The van der Waals surface area contributed by atoms with Gasteiger partial charge in [-0.15, -0.1) is 0 Å². The highest BCUT2D eigenvalue weighted by molar-refractivity contribution is 5.88. The van der Waals surface area contributed by atoms with Crippen LogP contribution < -0.4 is 21.3 Å². The van der Waals surface area contributed by atoms with Crippen molar-refractivity contribution in [2.45, 2.75) is 6.42 Å². The lowest BCUT2D eigenvalue weighted by Gasteiger charge is -2.05. The lowest BCUT2D eigenvalue weighted by Crippen LogP contribution is -2.39. The van der Waals surface area contributed by atoms with Crippen LogP contribution in [0.15, 0.2) is 87.4 Å². The summed E-state index contributed by atoms with van der Waals surface area (Å²) in [5.41, 5.74) is 6.72. The predicted octanol–water partition coefficient (Wildman–Crippen LogP) is 2.80. The normalized spacial score (nSPS) is 16.1. The van der Waals surface area contributed by atoms with E-state index in [0.29, 0.717) is 0 Å². The molecule has 0 unspecified atom stereocenters. The Morgan fingerprint density at radius 1 is 0.778 bits per heavy atom. The second-order valence-corrected chi connectivity index (χ2v) is 7.20. The lowest BCUT2D eigenvalue weighted by atomic mass is 9.97. The molecule has 7 rings (SSSR count). The van der Waals surface area contributed by atoms with E-state index in [9.17, 15) is 0 Å². The summed E-state index contributed by atoms with van der Waals surface area (Å²) < 4.78 is 0. The fourth-order valence-electron chi connectivity index (χ4n) is 4.66. The summed E-state index contributed by atoms with van der Waals surface area (Å²) in [6.07, 6.45) is 7.31. The molecule has 0 saturated heterocycles. The zero-order chi connectivity index (χ0) is 17.5. The summed E-state index contributed by atoms with van der Waals surface area (Å²) in [5, 5.41) is 6.68. The van der Waals surface area contributed by atoms with Crippen molar-refractivity contribution in [2.75, 3.05) is 0 Å². The molecule has 3 aromatic carbocycles. The van der Waals surface area contributed by atoms with E-state index >= 15 is 0 Å². The molecule has 0 aromatic heterocycles. The summed E-state index contributed by atoms with van der Waals surface area (Å²) in [5.74, 6) is 0. The maximum atomic E-state index is 5.05. The van der Waals surface area contributed by atoms with Crippen molar-refractivity contribution < 1.29 is 0 Å². The van der Waals surface area contributed by atoms with E-state index in [4.69, 9.17) is 15.0 Å². The number of allylic oxidation sites excluding steroid dienone is 4. The quantitative estimate of drug-likeness (QED) is 0.415. The second-order valence-electron chi connectivity index (χ2n) is 7.20. The standard InChI is InChI=1S/C24H13N3/c1-4-10-16-13(7-1)19-20-14-8-2-5-11-17(14)26-23(20)24-21(22(19)25-16)15-9-3-6-12-18(15)27-24/h1-7,9-12H,8H2. The summed E-state index contributed by atoms with van der Waals surface area (Å²) in [6, 6.07) is 16.8. The van der Waals surface area contributed by atoms with Gasteiger partial charge in [-0.25, -0.2) is 15.0 Å². The van der Waals surface area contributed by atoms with Gasteiger partial charge < -0.3 is 0 Å². The number of nitrogens with zero attached hydrogens (tertiary/aromatic N) is 3. The number of rotatable bonds is 0. The monoisotopic (exact) mass is 343 g/mol. The van der Waals surface area contributed by atoms with Crippen molar-refractivity contribution in [3.63, 3.8) is 0 Å². The molecular weight excluding hydrogens is 330 g/mol. The van der Waals surface area contributed by atoms with Crippen molar-refractivity contribution in [1.29, 1.82) is 0 Å².